The van der Waals surface area contributed by atoms with Crippen LogP contribution in [0.3, 0.4) is 0 Å². The predicted octanol–water partition coefficient (Wildman–Crippen LogP) is 2.34. The van der Waals surface area contributed by atoms with Crippen molar-refractivity contribution in [1.82, 2.24) is 4.90 Å². The third kappa shape index (κ3) is 2.65. The van der Waals surface area contributed by atoms with Crippen LogP contribution in [0.25, 0.3) is 5.57 Å². The fourth-order valence-corrected chi connectivity index (χ4v) is 4.45. The normalized spacial score (nSPS) is 21.4. The molecule has 0 aromatic heterocycles. The number of hydrogen-bond acceptors (Lipinski definition) is 5. The molecule has 2 heterocycles. The maximum atomic E-state index is 12.9. The van der Waals surface area contributed by atoms with Gasteiger partial charge in [0.25, 0.3) is 11.8 Å². The summed E-state index contributed by atoms with van der Waals surface area (Å²) in [6, 6.07) is 6.12. The third-order valence-electron chi connectivity index (χ3n) is 4.24. The number of amides is 2. The maximum Gasteiger partial charge on any atom is 0.327 e. The number of para-hydroxylation sites is 1. The Morgan fingerprint density at radius 1 is 1.20 bits per heavy atom. The molecule has 2 amide bonds. The van der Waals surface area contributed by atoms with E-state index < -0.39 is 17.9 Å². The highest BCUT2D eigenvalue weighted by Gasteiger charge is 2.45. The first-order valence-electron chi connectivity index (χ1n) is 7.65. The molecule has 1 aromatic rings. The fourth-order valence-electron chi connectivity index (χ4n) is 3.05. The molecule has 1 aromatic carbocycles. The van der Waals surface area contributed by atoms with E-state index in [1.54, 1.807) is 39.1 Å². The molecule has 3 rings (SSSR count). The molecule has 1 unspecified atom stereocenters. The molecular weight excluding hydrogens is 360 g/mol. The number of nitrogens with zero attached hydrogens (tertiary/aromatic N) is 2. The lowest BCUT2D eigenvalue weighted by molar-refractivity contribution is -0.146. The molecule has 0 aliphatic carbocycles. The number of benzene rings is 1. The van der Waals surface area contributed by atoms with Crippen molar-refractivity contribution < 1.29 is 19.5 Å². The SMILES string of the molecule is CC(C)C(C(=O)O)N1C(=O)C(=C2C(=O)N(C)c3ccccc32)SC1=S. The quantitative estimate of drug-likeness (QED) is 0.644. The van der Waals surface area contributed by atoms with Crippen molar-refractivity contribution in [2.45, 2.75) is 19.9 Å². The van der Waals surface area contributed by atoms with Crippen LogP contribution in [-0.4, -0.2) is 45.2 Å². The Balaban J connectivity index is 2.13. The van der Waals surface area contributed by atoms with E-state index in [0.717, 1.165) is 16.7 Å². The van der Waals surface area contributed by atoms with Crippen LogP contribution >= 0.6 is 24.0 Å². The number of carboxylic acids is 1. The van der Waals surface area contributed by atoms with Crippen LogP contribution in [-0.2, 0) is 14.4 Å². The number of carboxylic acid groups (broad SMARTS) is 1. The highest BCUT2D eigenvalue weighted by Crippen LogP contribution is 2.44. The molecule has 0 spiro atoms. The van der Waals surface area contributed by atoms with Gasteiger partial charge in [0.1, 0.15) is 10.4 Å². The van der Waals surface area contributed by atoms with Gasteiger partial charge in [0.05, 0.1) is 16.2 Å². The van der Waals surface area contributed by atoms with Gasteiger partial charge >= 0.3 is 5.97 Å². The van der Waals surface area contributed by atoms with Crippen LogP contribution in [0.5, 0.6) is 0 Å². The number of carbonyl (C=O) groups is 3. The molecular formula is C17H16N2O4S2. The van der Waals surface area contributed by atoms with Crippen molar-refractivity contribution in [3.8, 4) is 0 Å². The van der Waals surface area contributed by atoms with E-state index in [1.807, 2.05) is 6.07 Å². The van der Waals surface area contributed by atoms with Crippen LogP contribution in [0.2, 0.25) is 0 Å². The molecule has 0 radical (unpaired) electrons. The number of anilines is 1. The van der Waals surface area contributed by atoms with E-state index in [4.69, 9.17) is 12.2 Å². The first-order valence-corrected chi connectivity index (χ1v) is 8.88. The summed E-state index contributed by atoms with van der Waals surface area (Å²) in [5, 5.41) is 9.49. The fraction of sp³-hybridized carbons (Fsp3) is 0.294. The Morgan fingerprint density at radius 2 is 1.84 bits per heavy atom. The number of rotatable bonds is 3. The molecule has 0 saturated carbocycles. The standard InChI is InChI=1S/C17H16N2O4S2/c1-8(2)12(16(22)23)19-15(21)13(25-17(19)24)11-9-6-4-5-7-10(9)18(3)14(11)20/h4-8,12H,1-3H3,(H,22,23). The molecule has 1 fully saturated rings. The average Bonchev–Trinajstić information content (AvgIpc) is 2.96. The minimum atomic E-state index is -1.12. The van der Waals surface area contributed by atoms with E-state index in [-0.39, 0.29) is 26.6 Å². The number of likely N-dealkylation sites (N-methyl/N-ethyl adjacent to an activating group) is 1. The summed E-state index contributed by atoms with van der Waals surface area (Å²) in [5.74, 6) is -2.26. The van der Waals surface area contributed by atoms with Gasteiger partial charge in [-0.1, -0.05) is 56.0 Å². The second-order valence-corrected chi connectivity index (χ2v) is 7.80. The van der Waals surface area contributed by atoms with Crippen molar-refractivity contribution >= 4 is 57.3 Å². The van der Waals surface area contributed by atoms with Crippen LogP contribution in [0, 0.1) is 5.92 Å². The number of thiocarbonyl (C=S) groups is 1. The Bertz CT molecular complexity index is 847. The summed E-state index contributed by atoms with van der Waals surface area (Å²) in [6.45, 7) is 3.43. The highest BCUT2D eigenvalue weighted by atomic mass is 32.2. The van der Waals surface area contributed by atoms with Crippen LogP contribution in [0.1, 0.15) is 19.4 Å². The highest BCUT2D eigenvalue weighted by molar-refractivity contribution is 8.26. The number of aliphatic carboxylic acids is 1. The average molecular weight is 376 g/mol. The molecule has 25 heavy (non-hydrogen) atoms. The number of fused-ring (bicyclic) bond motifs is 1. The van der Waals surface area contributed by atoms with Crippen molar-refractivity contribution in [3.63, 3.8) is 0 Å². The summed E-state index contributed by atoms with van der Waals surface area (Å²) in [7, 11) is 1.64. The Morgan fingerprint density at radius 3 is 2.44 bits per heavy atom. The lowest BCUT2D eigenvalue weighted by Gasteiger charge is -2.26. The maximum absolute atomic E-state index is 12.9. The van der Waals surface area contributed by atoms with Gasteiger partial charge in [-0.25, -0.2) is 4.79 Å². The first kappa shape index (κ1) is 17.6. The molecule has 8 heteroatoms. The number of thioether (sulfide) groups is 1. The predicted molar refractivity (Wildman–Crippen MR) is 100 cm³/mol. The monoisotopic (exact) mass is 376 g/mol. The van der Waals surface area contributed by atoms with Crippen molar-refractivity contribution in [1.29, 1.82) is 0 Å². The minimum Gasteiger partial charge on any atom is -0.480 e. The number of carbonyl (C=O) groups excluding carboxylic acids is 2. The molecule has 0 bridgehead atoms. The summed E-state index contributed by atoms with van der Waals surface area (Å²) < 4.78 is 0.161. The largest absolute Gasteiger partial charge is 0.480 e. The zero-order chi connectivity index (χ0) is 18.5. The van der Waals surface area contributed by atoms with Crippen molar-refractivity contribution in [3.05, 3.63) is 34.7 Å². The molecule has 2 aliphatic rings. The molecule has 2 aliphatic heterocycles. The van der Waals surface area contributed by atoms with Gasteiger partial charge in [-0.05, 0) is 12.0 Å². The van der Waals surface area contributed by atoms with E-state index >= 15 is 0 Å². The summed E-state index contributed by atoms with van der Waals surface area (Å²) >= 11 is 6.25. The third-order valence-corrected chi connectivity index (χ3v) is 5.64. The Kier molecular flexibility index (Phi) is 4.42. The van der Waals surface area contributed by atoms with Crippen LogP contribution in [0.15, 0.2) is 29.2 Å². The second kappa shape index (κ2) is 6.27. The van der Waals surface area contributed by atoms with Gasteiger partial charge in [0.15, 0.2) is 0 Å². The molecule has 1 saturated heterocycles. The molecule has 1 N–H and O–H groups in total. The number of hydrogen-bond donors (Lipinski definition) is 1. The Labute approximate surface area is 154 Å². The summed E-state index contributed by atoms with van der Waals surface area (Å²) in [6.07, 6.45) is 0. The van der Waals surface area contributed by atoms with Gasteiger partial charge in [-0.15, -0.1) is 0 Å². The van der Waals surface area contributed by atoms with E-state index in [9.17, 15) is 19.5 Å². The molecule has 1 atom stereocenters. The van der Waals surface area contributed by atoms with E-state index in [1.165, 1.54) is 4.90 Å². The van der Waals surface area contributed by atoms with Gasteiger partial charge in [-0.3, -0.25) is 14.5 Å². The smallest absolute Gasteiger partial charge is 0.327 e. The summed E-state index contributed by atoms with van der Waals surface area (Å²) in [4.78, 5) is 40.0. The minimum absolute atomic E-state index is 0.161. The van der Waals surface area contributed by atoms with E-state index in [2.05, 4.69) is 0 Å². The topological polar surface area (TPSA) is 77.9 Å². The lowest BCUT2D eigenvalue weighted by Crippen LogP contribution is -2.47. The summed E-state index contributed by atoms with van der Waals surface area (Å²) in [5.41, 5.74) is 1.66. The van der Waals surface area contributed by atoms with Crippen molar-refractivity contribution in [2.75, 3.05) is 11.9 Å². The Hall–Kier alpha value is -2.19. The van der Waals surface area contributed by atoms with E-state index in [0.29, 0.717) is 11.3 Å². The van der Waals surface area contributed by atoms with Crippen molar-refractivity contribution in [2.24, 2.45) is 5.92 Å². The zero-order valence-corrected chi connectivity index (χ0v) is 15.5. The van der Waals surface area contributed by atoms with Gasteiger partial charge < -0.3 is 10.0 Å². The van der Waals surface area contributed by atoms with Gasteiger partial charge in [-0.2, -0.15) is 0 Å². The van der Waals surface area contributed by atoms with Gasteiger partial charge in [0.2, 0.25) is 0 Å². The zero-order valence-electron chi connectivity index (χ0n) is 13.8. The first-order chi connectivity index (χ1) is 11.8. The second-order valence-electron chi connectivity index (χ2n) is 6.16. The lowest BCUT2D eigenvalue weighted by atomic mass is 10.0. The van der Waals surface area contributed by atoms with Crippen LogP contribution in [0.4, 0.5) is 5.69 Å². The molecule has 130 valence electrons. The van der Waals surface area contributed by atoms with Crippen LogP contribution < -0.4 is 4.90 Å². The van der Waals surface area contributed by atoms with Gasteiger partial charge in [0, 0.05) is 12.6 Å². The molecule has 6 nitrogen and oxygen atoms in total.